The van der Waals surface area contributed by atoms with Crippen LogP contribution < -0.4 is 20.9 Å². The van der Waals surface area contributed by atoms with E-state index in [2.05, 4.69) is 5.32 Å². The summed E-state index contributed by atoms with van der Waals surface area (Å²) >= 11 is 0. The monoisotopic (exact) mass is 395 g/mol. The fourth-order valence-corrected chi connectivity index (χ4v) is 3.08. The quantitative estimate of drug-likeness (QED) is 0.763. The molecule has 1 aromatic rings. The third-order valence-corrected chi connectivity index (χ3v) is 4.46. The molecule has 1 atom stereocenters. The van der Waals surface area contributed by atoms with Gasteiger partial charge in [0.15, 0.2) is 0 Å². The van der Waals surface area contributed by atoms with Crippen LogP contribution in [0.5, 0.6) is 0 Å². The molecule has 0 unspecified atom stereocenters. The Bertz CT molecular complexity index is 776. The van der Waals surface area contributed by atoms with Crippen molar-refractivity contribution >= 4 is 29.4 Å². The van der Waals surface area contributed by atoms with E-state index in [1.165, 1.54) is 17.9 Å². The number of amides is 4. The molecule has 0 aromatic heterocycles. The average Bonchev–Trinajstić information content (AvgIpc) is 2.85. The van der Waals surface area contributed by atoms with E-state index in [-0.39, 0.29) is 32.1 Å². The lowest BCUT2D eigenvalue weighted by Crippen LogP contribution is -2.38. The van der Waals surface area contributed by atoms with Gasteiger partial charge in [0.1, 0.15) is 11.9 Å². The molecule has 4 amide bonds. The number of rotatable bonds is 4. The summed E-state index contributed by atoms with van der Waals surface area (Å²) in [6.07, 6.45) is -1.09. The summed E-state index contributed by atoms with van der Waals surface area (Å²) in [4.78, 5) is 42.5. The zero-order valence-electron chi connectivity index (χ0n) is 15.4. The van der Waals surface area contributed by atoms with E-state index < -0.39 is 24.0 Å². The van der Waals surface area contributed by atoms with Gasteiger partial charge in [0, 0.05) is 20.0 Å². The Labute approximate surface area is 160 Å². The predicted molar refractivity (Wildman–Crippen MR) is 97.2 cm³/mol. The van der Waals surface area contributed by atoms with E-state index >= 15 is 0 Å². The maximum atomic E-state index is 14.7. The zero-order valence-corrected chi connectivity index (χ0v) is 15.4. The molecule has 0 radical (unpaired) electrons. The number of nitrogens with two attached hydrogens (primary N) is 1. The molecule has 11 heteroatoms. The maximum Gasteiger partial charge on any atom is 0.414 e. The van der Waals surface area contributed by atoms with Crippen LogP contribution in [0.4, 0.5) is 25.4 Å². The number of benzene rings is 1. The molecule has 0 aliphatic carbocycles. The minimum absolute atomic E-state index is 0.188. The first kappa shape index (κ1) is 19.7. The topological polar surface area (TPSA) is 117 Å². The molecule has 0 bridgehead atoms. The lowest BCUT2D eigenvalue weighted by Gasteiger charge is -2.23. The SMILES string of the molecule is CC(=O)NC[C@H]1CN(c2ccc(N3CCON(C(N)=O)CC3)c(F)c2)C(=O)O1. The summed E-state index contributed by atoms with van der Waals surface area (Å²) < 4.78 is 19.9. The highest BCUT2D eigenvalue weighted by Crippen LogP contribution is 2.28. The molecule has 2 saturated heterocycles. The molecule has 3 N–H and O–H groups in total. The number of hydrogen-bond donors (Lipinski definition) is 2. The Morgan fingerprint density at radius 3 is 2.79 bits per heavy atom. The maximum absolute atomic E-state index is 14.7. The minimum Gasteiger partial charge on any atom is -0.442 e. The number of urea groups is 1. The van der Waals surface area contributed by atoms with E-state index in [1.54, 1.807) is 17.0 Å². The van der Waals surface area contributed by atoms with Gasteiger partial charge in [-0.15, -0.1) is 0 Å². The normalized spacial score (nSPS) is 20.0. The molecule has 3 rings (SSSR count). The molecule has 28 heavy (non-hydrogen) atoms. The van der Waals surface area contributed by atoms with Crippen LogP contribution in [-0.4, -0.2) is 68.5 Å². The van der Waals surface area contributed by atoms with Crippen molar-refractivity contribution in [1.82, 2.24) is 10.4 Å². The Morgan fingerprint density at radius 2 is 2.11 bits per heavy atom. The molecule has 2 aliphatic rings. The van der Waals surface area contributed by atoms with Gasteiger partial charge in [-0.3, -0.25) is 14.5 Å². The Morgan fingerprint density at radius 1 is 1.32 bits per heavy atom. The van der Waals surface area contributed by atoms with Crippen molar-refractivity contribution in [2.24, 2.45) is 5.73 Å². The number of cyclic esters (lactones) is 1. The molecule has 10 nitrogen and oxygen atoms in total. The number of anilines is 2. The third-order valence-electron chi connectivity index (χ3n) is 4.46. The Hall–Kier alpha value is -3.08. The summed E-state index contributed by atoms with van der Waals surface area (Å²) in [6.45, 7) is 2.91. The van der Waals surface area contributed by atoms with Crippen molar-refractivity contribution in [3.8, 4) is 0 Å². The summed E-state index contributed by atoms with van der Waals surface area (Å²) in [7, 11) is 0. The summed E-state index contributed by atoms with van der Waals surface area (Å²) in [6, 6.07) is 3.76. The van der Waals surface area contributed by atoms with Crippen LogP contribution in [0, 0.1) is 5.82 Å². The number of halogens is 1. The van der Waals surface area contributed by atoms with Gasteiger partial charge in [-0.2, -0.15) is 0 Å². The van der Waals surface area contributed by atoms with Gasteiger partial charge in [-0.1, -0.05) is 0 Å². The zero-order chi connectivity index (χ0) is 20.3. The van der Waals surface area contributed by atoms with Gasteiger partial charge in [0.25, 0.3) is 0 Å². The predicted octanol–water partition coefficient (Wildman–Crippen LogP) is 0.419. The first-order valence-corrected chi connectivity index (χ1v) is 8.82. The van der Waals surface area contributed by atoms with Crippen molar-refractivity contribution in [1.29, 1.82) is 0 Å². The minimum atomic E-state index is -0.695. The second-order valence-corrected chi connectivity index (χ2v) is 6.45. The van der Waals surface area contributed by atoms with Crippen LogP contribution >= 0.6 is 0 Å². The fraction of sp³-hybridized carbons (Fsp3) is 0.471. The van der Waals surface area contributed by atoms with Gasteiger partial charge in [0.2, 0.25) is 5.91 Å². The van der Waals surface area contributed by atoms with E-state index in [4.69, 9.17) is 15.3 Å². The highest BCUT2D eigenvalue weighted by Gasteiger charge is 2.33. The van der Waals surface area contributed by atoms with Crippen molar-refractivity contribution < 1.29 is 28.3 Å². The number of nitrogens with zero attached hydrogens (tertiary/aromatic N) is 3. The smallest absolute Gasteiger partial charge is 0.414 e. The summed E-state index contributed by atoms with van der Waals surface area (Å²) in [5.41, 5.74) is 5.90. The molecule has 152 valence electrons. The highest BCUT2D eigenvalue weighted by atomic mass is 19.1. The number of nitrogens with one attached hydrogen (secondary N) is 1. The molecule has 2 heterocycles. The van der Waals surface area contributed by atoms with Crippen molar-refractivity contribution in [3.05, 3.63) is 24.0 Å². The number of hydroxylamine groups is 2. The lowest BCUT2D eigenvalue weighted by atomic mass is 10.2. The van der Waals surface area contributed by atoms with Crippen LogP contribution in [0.3, 0.4) is 0 Å². The summed E-state index contributed by atoms with van der Waals surface area (Å²) in [5.74, 6) is -0.732. The van der Waals surface area contributed by atoms with Gasteiger partial charge in [-0.05, 0) is 18.2 Å². The molecule has 0 saturated carbocycles. The molecular formula is C17H22FN5O5. The van der Waals surface area contributed by atoms with Gasteiger partial charge < -0.3 is 20.7 Å². The van der Waals surface area contributed by atoms with Crippen LogP contribution in [0.2, 0.25) is 0 Å². The number of primary amides is 1. The van der Waals surface area contributed by atoms with E-state index in [0.717, 1.165) is 5.06 Å². The van der Waals surface area contributed by atoms with Crippen molar-refractivity contribution in [2.45, 2.75) is 13.0 Å². The Balaban J connectivity index is 1.68. The van der Waals surface area contributed by atoms with E-state index in [1.807, 2.05) is 0 Å². The molecular weight excluding hydrogens is 373 g/mol. The first-order valence-electron chi connectivity index (χ1n) is 8.82. The standard InChI is InChI=1S/C17H22FN5O5/c1-11(24)20-9-13-10-22(17(26)28-13)12-2-3-15(14(18)8-12)21-4-5-23(16(19)25)27-7-6-21/h2-3,8,13H,4-7,9-10H2,1H3,(H2,19,25)(H,20,24)/t13-/m0/s1. The second kappa shape index (κ2) is 8.30. The van der Waals surface area contributed by atoms with E-state index in [0.29, 0.717) is 24.5 Å². The fourth-order valence-electron chi connectivity index (χ4n) is 3.08. The Kier molecular flexibility index (Phi) is 5.83. The third kappa shape index (κ3) is 4.42. The first-order chi connectivity index (χ1) is 13.3. The molecule has 2 aliphatic heterocycles. The van der Waals surface area contributed by atoms with Crippen LogP contribution in [-0.2, 0) is 14.4 Å². The van der Waals surface area contributed by atoms with Crippen molar-refractivity contribution in [3.63, 3.8) is 0 Å². The molecule has 1 aromatic carbocycles. The average molecular weight is 395 g/mol. The largest absolute Gasteiger partial charge is 0.442 e. The van der Waals surface area contributed by atoms with E-state index in [9.17, 15) is 18.8 Å². The van der Waals surface area contributed by atoms with Crippen LogP contribution in [0.1, 0.15) is 6.92 Å². The number of hydrogen-bond acceptors (Lipinski definition) is 6. The van der Waals surface area contributed by atoms with Gasteiger partial charge >= 0.3 is 12.1 Å². The lowest BCUT2D eigenvalue weighted by molar-refractivity contribution is -0.119. The van der Waals surface area contributed by atoms with Crippen LogP contribution in [0.25, 0.3) is 0 Å². The molecule has 0 spiro atoms. The molecule has 2 fully saturated rings. The number of carbonyl (C=O) groups excluding carboxylic acids is 3. The van der Waals surface area contributed by atoms with Gasteiger partial charge in [0.05, 0.1) is 37.6 Å². The van der Waals surface area contributed by atoms with Crippen molar-refractivity contribution in [2.75, 3.05) is 49.1 Å². The second-order valence-electron chi connectivity index (χ2n) is 6.45. The number of ether oxygens (including phenoxy) is 1. The van der Waals surface area contributed by atoms with Gasteiger partial charge in [-0.25, -0.2) is 19.0 Å². The highest BCUT2D eigenvalue weighted by molar-refractivity contribution is 5.90. The van der Waals surface area contributed by atoms with Crippen LogP contribution in [0.15, 0.2) is 18.2 Å². The number of carbonyl (C=O) groups is 3. The summed E-state index contributed by atoms with van der Waals surface area (Å²) in [5, 5.41) is 3.63.